The lowest BCUT2D eigenvalue weighted by Gasteiger charge is -2.07. The van der Waals surface area contributed by atoms with Crippen molar-refractivity contribution >= 4 is 11.7 Å². The van der Waals surface area contributed by atoms with Gasteiger partial charge >= 0.3 is 5.97 Å². The maximum absolute atomic E-state index is 11.7. The zero-order chi connectivity index (χ0) is 18.9. The molecular weight excluding hydrogens is 334 g/mol. The third-order valence-corrected chi connectivity index (χ3v) is 3.58. The number of ether oxygens (including phenoxy) is 3. The van der Waals surface area contributed by atoms with E-state index in [2.05, 4.69) is 19.0 Å². The molecule has 1 aromatic carbocycles. The minimum Gasteiger partial charge on any atom is -0.460 e. The number of benzene rings is 1. The number of carbonyl (C=O) groups is 1. The third kappa shape index (κ3) is 10.8. The van der Waals surface area contributed by atoms with Gasteiger partial charge in [0.05, 0.1) is 37.7 Å². The van der Waals surface area contributed by atoms with Gasteiger partial charge < -0.3 is 19.0 Å². The molecular formula is C20H31NO5. The molecule has 0 aliphatic heterocycles. The van der Waals surface area contributed by atoms with E-state index in [9.17, 15) is 4.79 Å². The van der Waals surface area contributed by atoms with Crippen LogP contribution in [-0.2, 0) is 19.0 Å². The molecule has 0 aromatic heterocycles. The Balaban J connectivity index is 1.92. The van der Waals surface area contributed by atoms with Gasteiger partial charge in [0.2, 0.25) is 0 Å². The Morgan fingerprint density at radius 2 is 1.58 bits per heavy atom. The molecule has 0 saturated heterocycles. The Labute approximate surface area is 156 Å². The Bertz CT molecular complexity index is 504. The second kappa shape index (κ2) is 15.3. The zero-order valence-corrected chi connectivity index (χ0v) is 15.9. The van der Waals surface area contributed by atoms with Crippen LogP contribution in [0.5, 0.6) is 0 Å². The standard InChI is InChI=1S/C20H31NO5/c1-3-5-11-19(4-2)21-26-17-15-24-13-12-23-14-16-25-20(22)18-9-7-6-8-10-18/h6-10H,3-5,11-17H2,1-2H3/b21-19+. The van der Waals surface area contributed by atoms with Crippen LogP contribution in [0.3, 0.4) is 0 Å². The molecule has 0 radical (unpaired) electrons. The van der Waals surface area contributed by atoms with E-state index in [0.717, 1.165) is 31.4 Å². The molecule has 146 valence electrons. The fourth-order valence-electron chi connectivity index (χ4n) is 2.07. The largest absolute Gasteiger partial charge is 0.460 e. The van der Waals surface area contributed by atoms with Gasteiger partial charge in [0.25, 0.3) is 0 Å². The average Bonchev–Trinajstić information content (AvgIpc) is 2.68. The molecule has 0 atom stereocenters. The molecule has 6 heteroatoms. The van der Waals surface area contributed by atoms with E-state index in [0.29, 0.717) is 38.6 Å². The van der Waals surface area contributed by atoms with Gasteiger partial charge in [-0.25, -0.2) is 4.79 Å². The van der Waals surface area contributed by atoms with Crippen molar-refractivity contribution in [2.45, 2.75) is 39.5 Å². The lowest BCUT2D eigenvalue weighted by atomic mass is 10.1. The van der Waals surface area contributed by atoms with E-state index >= 15 is 0 Å². The molecule has 0 spiro atoms. The molecule has 0 fully saturated rings. The maximum Gasteiger partial charge on any atom is 0.338 e. The Kier molecular flexibility index (Phi) is 13.1. The van der Waals surface area contributed by atoms with Crippen molar-refractivity contribution in [3.63, 3.8) is 0 Å². The summed E-state index contributed by atoms with van der Waals surface area (Å²) in [7, 11) is 0. The number of carbonyl (C=O) groups excluding carboxylic acids is 1. The van der Waals surface area contributed by atoms with Gasteiger partial charge in [-0.3, -0.25) is 0 Å². The molecule has 0 aliphatic rings. The molecule has 0 aliphatic carbocycles. The molecule has 1 rings (SSSR count). The van der Waals surface area contributed by atoms with Crippen LogP contribution in [0.2, 0.25) is 0 Å². The summed E-state index contributed by atoms with van der Waals surface area (Å²) in [4.78, 5) is 16.9. The summed E-state index contributed by atoms with van der Waals surface area (Å²) in [5.74, 6) is -0.339. The van der Waals surface area contributed by atoms with Crippen molar-refractivity contribution in [1.82, 2.24) is 0 Å². The molecule has 6 nitrogen and oxygen atoms in total. The summed E-state index contributed by atoms with van der Waals surface area (Å²) < 4.78 is 15.9. The van der Waals surface area contributed by atoms with Crippen LogP contribution in [0.25, 0.3) is 0 Å². The third-order valence-electron chi connectivity index (χ3n) is 3.58. The highest BCUT2D eigenvalue weighted by Crippen LogP contribution is 2.01. The molecule has 0 bridgehead atoms. The molecule has 1 aromatic rings. The number of esters is 1. The molecule has 0 heterocycles. The minimum absolute atomic E-state index is 0.225. The summed E-state index contributed by atoms with van der Waals surface area (Å²) in [5, 5.41) is 4.14. The van der Waals surface area contributed by atoms with E-state index < -0.39 is 0 Å². The lowest BCUT2D eigenvalue weighted by molar-refractivity contribution is 0.00107. The van der Waals surface area contributed by atoms with Gasteiger partial charge in [0.1, 0.15) is 13.2 Å². The van der Waals surface area contributed by atoms with Gasteiger partial charge in [0, 0.05) is 0 Å². The van der Waals surface area contributed by atoms with Crippen molar-refractivity contribution in [2.75, 3.05) is 39.6 Å². The van der Waals surface area contributed by atoms with Crippen LogP contribution in [-0.4, -0.2) is 51.3 Å². The quantitative estimate of drug-likeness (QED) is 0.204. The number of hydrogen-bond acceptors (Lipinski definition) is 6. The highest BCUT2D eigenvalue weighted by atomic mass is 16.6. The first kappa shape index (κ1) is 22.1. The van der Waals surface area contributed by atoms with Gasteiger partial charge in [-0.2, -0.15) is 0 Å². The van der Waals surface area contributed by atoms with Crippen molar-refractivity contribution in [3.05, 3.63) is 35.9 Å². The molecule has 0 amide bonds. The highest BCUT2D eigenvalue weighted by Gasteiger charge is 2.04. The number of oxime groups is 1. The van der Waals surface area contributed by atoms with E-state index in [1.54, 1.807) is 24.3 Å². The Morgan fingerprint density at radius 3 is 2.23 bits per heavy atom. The van der Waals surface area contributed by atoms with Crippen LogP contribution in [0.4, 0.5) is 0 Å². The Hall–Kier alpha value is -1.92. The summed E-state index contributed by atoms with van der Waals surface area (Å²) in [6.07, 6.45) is 4.22. The van der Waals surface area contributed by atoms with Gasteiger partial charge in [-0.15, -0.1) is 0 Å². The first-order chi connectivity index (χ1) is 12.8. The summed E-state index contributed by atoms with van der Waals surface area (Å²) in [6.45, 7) is 6.65. The first-order valence-corrected chi connectivity index (χ1v) is 9.33. The van der Waals surface area contributed by atoms with E-state index in [-0.39, 0.29) is 12.6 Å². The van der Waals surface area contributed by atoms with E-state index in [1.165, 1.54) is 0 Å². The minimum atomic E-state index is -0.339. The van der Waals surface area contributed by atoms with Crippen LogP contribution in [0.1, 0.15) is 49.9 Å². The smallest absolute Gasteiger partial charge is 0.338 e. The fraction of sp³-hybridized carbons (Fsp3) is 0.600. The fourth-order valence-corrected chi connectivity index (χ4v) is 2.07. The molecule has 0 saturated carbocycles. The first-order valence-electron chi connectivity index (χ1n) is 9.33. The predicted octanol–water partition coefficient (Wildman–Crippen LogP) is 3.85. The zero-order valence-electron chi connectivity index (χ0n) is 15.9. The number of hydrogen-bond donors (Lipinski definition) is 0. The highest BCUT2D eigenvalue weighted by molar-refractivity contribution is 5.89. The monoisotopic (exact) mass is 365 g/mol. The lowest BCUT2D eigenvalue weighted by Crippen LogP contribution is -2.13. The SMILES string of the molecule is CCCC/C(CC)=N/OCCOCCOCCOC(=O)c1ccccc1. The molecule has 26 heavy (non-hydrogen) atoms. The van der Waals surface area contributed by atoms with Gasteiger partial charge in [0.15, 0.2) is 0 Å². The summed E-state index contributed by atoms with van der Waals surface area (Å²) >= 11 is 0. The van der Waals surface area contributed by atoms with E-state index in [4.69, 9.17) is 19.0 Å². The topological polar surface area (TPSA) is 66.3 Å². The van der Waals surface area contributed by atoms with Gasteiger partial charge in [-0.05, 0) is 31.4 Å². The van der Waals surface area contributed by atoms with Crippen molar-refractivity contribution in [1.29, 1.82) is 0 Å². The van der Waals surface area contributed by atoms with Crippen LogP contribution in [0.15, 0.2) is 35.5 Å². The average molecular weight is 365 g/mol. The van der Waals surface area contributed by atoms with Crippen LogP contribution in [0, 0.1) is 0 Å². The molecule has 0 unspecified atom stereocenters. The Morgan fingerprint density at radius 1 is 0.923 bits per heavy atom. The van der Waals surface area contributed by atoms with Crippen molar-refractivity contribution in [3.8, 4) is 0 Å². The molecule has 0 N–H and O–H groups in total. The van der Waals surface area contributed by atoms with Crippen molar-refractivity contribution in [2.24, 2.45) is 5.16 Å². The van der Waals surface area contributed by atoms with Crippen molar-refractivity contribution < 1.29 is 23.8 Å². The second-order valence-electron chi connectivity index (χ2n) is 5.67. The number of rotatable bonds is 15. The normalized spacial score (nSPS) is 11.4. The summed E-state index contributed by atoms with van der Waals surface area (Å²) in [6, 6.07) is 8.89. The summed E-state index contributed by atoms with van der Waals surface area (Å²) in [5.41, 5.74) is 1.64. The van der Waals surface area contributed by atoms with Crippen LogP contribution >= 0.6 is 0 Å². The second-order valence-corrected chi connectivity index (χ2v) is 5.67. The maximum atomic E-state index is 11.7. The van der Waals surface area contributed by atoms with Crippen LogP contribution < -0.4 is 0 Å². The number of nitrogens with zero attached hydrogens (tertiary/aromatic N) is 1. The predicted molar refractivity (Wildman–Crippen MR) is 102 cm³/mol. The number of unbranched alkanes of at least 4 members (excludes halogenated alkanes) is 1. The van der Waals surface area contributed by atoms with Gasteiger partial charge in [-0.1, -0.05) is 43.6 Å². The van der Waals surface area contributed by atoms with E-state index in [1.807, 2.05) is 6.07 Å².